The van der Waals surface area contributed by atoms with Gasteiger partial charge in [-0.25, -0.2) is 9.59 Å². The SMILES string of the molecule is CCC(CC1CC1)NC(=O)N1CCC[C@H]1C(=O)O. The first-order chi connectivity index (χ1) is 8.61. The number of aliphatic carboxylic acids is 1. The van der Waals surface area contributed by atoms with Crippen molar-refractivity contribution in [3.05, 3.63) is 0 Å². The summed E-state index contributed by atoms with van der Waals surface area (Å²) in [6.07, 6.45) is 5.84. The third kappa shape index (κ3) is 3.15. The van der Waals surface area contributed by atoms with Gasteiger partial charge in [-0.05, 0) is 31.6 Å². The molecule has 0 aromatic rings. The van der Waals surface area contributed by atoms with Crippen LogP contribution in [-0.2, 0) is 4.79 Å². The van der Waals surface area contributed by atoms with Crippen LogP contribution in [0.2, 0.25) is 0 Å². The molecule has 1 aliphatic carbocycles. The van der Waals surface area contributed by atoms with Gasteiger partial charge in [0.05, 0.1) is 0 Å². The van der Waals surface area contributed by atoms with Gasteiger partial charge in [0.15, 0.2) is 0 Å². The largest absolute Gasteiger partial charge is 0.480 e. The van der Waals surface area contributed by atoms with Crippen molar-refractivity contribution >= 4 is 12.0 Å². The second-order valence-electron chi connectivity index (χ2n) is 5.42. The molecule has 5 nitrogen and oxygen atoms in total. The van der Waals surface area contributed by atoms with Crippen molar-refractivity contribution in [1.29, 1.82) is 0 Å². The molecule has 0 bridgehead atoms. The third-order valence-corrected chi connectivity index (χ3v) is 3.93. The number of carbonyl (C=O) groups excluding carboxylic acids is 1. The van der Waals surface area contributed by atoms with Gasteiger partial charge in [-0.15, -0.1) is 0 Å². The maximum Gasteiger partial charge on any atom is 0.326 e. The third-order valence-electron chi connectivity index (χ3n) is 3.93. The molecule has 0 aromatic carbocycles. The summed E-state index contributed by atoms with van der Waals surface area (Å²) in [4.78, 5) is 24.6. The van der Waals surface area contributed by atoms with E-state index in [9.17, 15) is 9.59 Å². The first-order valence-corrected chi connectivity index (χ1v) is 6.91. The Morgan fingerprint density at radius 2 is 2.11 bits per heavy atom. The summed E-state index contributed by atoms with van der Waals surface area (Å²) in [6, 6.07) is -0.643. The summed E-state index contributed by atoms with van der Waals surface area (Å²) < 4.78 is 0. The number of hydrogen-bond acceptors (Lipinski definition) is 2. The van der Waals surface area contributed by atoms with Crippen molar-refractivity contribution < 1.29 is 14.7 Å². The molecule has 2 N–H and O–H groups in total. The van der Waals surface area contributed by atoms with E-state index < -0.39 is 12.0 Å². The van der Waals surface area contributed by atoms with E-state index in [4.69, 9.17) is 5.11 Å². The molecule has 0 aromatic heterocycles. The number of urea groups is 1. The predicted octanol–water partition coefficient (Wildman–Crippen LogP) is 1.82. The summed E-state index contributed by atoms with van der Waals surface area (Å²) >= 11 is 0. The number of hydrogen-bond donors (Lipinski definition) is 2. The highest BCUT2D eigenvalue weighted by atomic mass is 16.4. The van der Waals surface area contributed by atoms with Crippen LogP contribution in [0.3, 0.4) is 0 Å². The minimum absolute atomic E-state index is 0.194. The Balaban J connectivity index is 1.87. The van der Waals surface area contributed by atoms with Gasteiger partial charge in [0.1, 0.15) is 6.04 Å². The Labute approximate surface area is 108 Å². The zero-order valence-electron chi connectivity index (χ0n) is 10.9. The minimum atomic E-state index is -0.891. The van der Waals surface area contributed by atoms with Crippen molar-refractivity contribution in [1.82, 2.24) is 10.2 Å². The Bertz CT molecular complexity index is 328. The van der Waals surface area contributed by atoms with Crippen molar-refractivity contribution in [3.63, 3.8) is 0 Å². The lowest BCUT2D eigenvalue weighted by Crippen LogP contribution is -2.49. The van der Waals surface area contributed by atoms with Crippen LogP contribution in [0.4, 0.5) is 4.79 Å². The molecule has 1 unspecified atom stereocenters. The molecule has 18 heavy (non-hydrogen) atoms. The van der Waals surface area contributed by atoms with Gasteiger partial charge < -0.3 is 15.3 Å². The van der Waals surface area contributed by atoms with E-state index >= 15 is 0 Å². The number of carboxylic acid groups (broad SMARTS) is 1. The molecule has 0 spiro atoms. The number of nitrogens with one attached hydrogen (secondary N) is 1. The molecule has 1 saturated heterocycles. The van der Waals surface area contributed by atoms with Crippen molar-refractivity contribution in [2.24, 2.45) is 5.92 Å². The minimum Gasteiger partial charge on any atom is -0.480 e. The molecule has 2 amide bonds. The Morgan fingerprint density at radius 3 is 2.67 bits per heavy atom. The number of carboxylic acids is 1. The smallest absolute Gasteiger partial charge is 0.326 e. The fraction of sp³-hybridized carbons (Fsp3) is 0.846. The lowest BCUT2D eigenvalue weighted by molar-refractivity contribution is -0.141. The molecule has 2 fully saturated rings. The lowest BCUT2D eigenvalue weighted by Gasteiger charge is -2.25. The van der Waals surface area contributed by atoms with Gasteiger partial charge >= 0.3 is 12.0 Å². The van der Waals surface area contributed by atoms with Gasteiger partial charge in [-0.3, -0.25) is 0 Å². The Hall–Kier alpha value is -1.26. The van der Waals surface area contributed by atoms with Gasteiger partial charge in [0, 0.05) is 12.6 Å². The van der Waals surface area contributed by atoms with Crippen LogP contribution in [-0.4, -0.2) is 40.6 Å². The summed E-state index contributed by atoms with van der Waals surface area (Å²) in [5, 5.41) is 12.0. The lowest BCUT2D eigenvalue weighted by atomic mass is 10.1. The molecule has 102 valence electrons. The van der Waals surface area contributed by atoms with Gasteiger partial charge in [0.25, 0.3) is 0 Å². The average molecular weight is 254 g/mol. The standard InChI is InChI=1S/C13H22N2O3/c1-2-10(8-9-5-6-9)14-13(18)15-7-3-4-11(15)12(16)17/h9-11H,2-8H2,1H3,(H,14,18)(H,16,17)/t10?,11-/m0/s1. The number of amides is 2. The first kappa shape index (κ1) is 13.2. The maximum atomic E-state index is 12.1. The predicted molar refractivity (Wildman–Crippen MR) is 67.3 cm³/mol. The van der Waals surface area contributed by atoms with Gasteiger partial charge in [-0.2, -0.15) is 0 Å². The van der Waals surface area contributed by atoms with Gasteiger partial charge in [0.2, 0.25) is 0 Å². The number of nitrogens with zero attached hydrogens (tertiary/aromatic N) is 1. The number of likely N-dealkylation sites (tertiary alicyclic amines) is 1. The fourth-order valence-electron chi connectivity index (χ4n) is 2.61. The van der Waals surface area contributed by atoms with E-state index in [0.29, 0.717) is 13.0 Å². The van der Waals surface area contributed by atoms with Crippen LogP contribution in [0.1, 0.15) is 45.4 Å². The van der Waals surface area contributed by atoms with Gasteiger partial charge in [-0.1, -0.05) is 19.8 Å². The Kier molecular flexibility index (Phi) is 4.09. The fourth-order valence-corrected chi connectivity index (χ4v) is 2.61. The van der Waals surface area contributed by atoms with E-state index in [2.05, 4.69) is 12.2 Å². The van der Waals surface area contributed by atoms with Crippen molar-refractivity contribution in [2.45, 2.75) is 57.5 Å². The highest BCUT2D eigenvalue weighted by Crippen LogP contribution is 2.34. The van der Waals surface area contributed by atoms with Crippen LogP contribution >= 0.6 is 0 Å². The van der Waals surface area contributed by atoms with E-state index in [1.54, 1.807) is 0 Å². The van der Waals surface area contributed by atoms with Crippen LogP contribution in [0.25, 0.3) is 0 Å². The van der Waals surface area contributed by atoms with Crippen LogP contribution in [0, 0.1) is 5.92 Å². The first-order valence-electron chi connectivity index (χ1n) is 6.91. The number of carbonyl (C=O) groups is 2. The molecular weight excluding hydrogens is 232 g/mol. The molecule has 2 aliphatic rings. The quantitative estimate of drug-likeness (QED) is 0.786. The topological polar surface area (TPSA) is 69.6 Å². The monoisotopic (exact) mass is 254 g/mol. The van der Waals surface area contributed by atoms with Crippen LogP contribution in [0.15, 0.2) is 0 Å². The maximum absolute atomic E-state index is 12.1. The molecule has 2 rings (SSSR count). The summed E-state index contributed by atoms with van der Waals surface area (Å²) in [5.74, 6) is -0.123. The van der Waals surface area contributed by atoms with E-state index in [1.165, 1.54) is 17.7 Å². The number of rotatable bonds is 5. The zero-order valence-corrected chi connectivity index (χ0v) is 10.9. The van der Waals surface area contributed by atoms with Crippen molar-refractivity contribution in [2.75, 3.05) is 6.54 Å². The highest BCUT2D eigenvalue weighted by Gasteiger charge is 2.35. The molecule has 1 saturated carbocycles. The highest BCUT2D eigenvalue weighted by molar-refractivity contribution is 5.83. The summed E-state index contributed by atoms with van der Waals surface area (Å²) in [5.41, 5.74) is 0. The summed E-state index contributed by atoms with van der Waals surface area (Å²) in [6.45, 7) is 2.62. The molecule has 1 aliphatic heterocycles. The molecule has 0 radical (unpaired) electrons. The van der Waals surface area contributed by atoms with E-state index in [1.807, 2.05) is 0 Å². The summed E-state index contributed by atoms with van der Waals surface area (Å²) in [7, 11) is 0. The van der Waals surface area contributed by atoms with Crippen LogP contribution in [0.5, 0.6) is 0 Å². The average Bonchev–Trinajstić information content (AvgIpc) is 3.00. The van der Waals surface area contributed by atoms with Crippen LogP contribution < -0.4 is 5.32 Å². The Morgan fingerprint density at radius 1 is 1.39 bits per heavy atom. The molecule has 2 atom stereocenters. The van der Waals surface area contributed by atoms with E-state index in [-0.39, 0.29) is 12.1 Å². The zero-order chi connectivity index (χ0) is 13.1. The van der Waals surface area contributed by atoms with Crippen molar-refractivity contribution in [3.8, 4) is 0 Å². The second-order valence-corrected chi connectivity index (χ2v) is 5.42. The second kappa shape index (κ2) is 5.59. The normalized spacial score (nSPS) is 24.9. The molecule has 5 heteroatoms. The molecular formula is C13H22N2O3. The van der Waals surface area contributed by atoms with E-state index in [0.717, 1.165) is 25.2 Å². The molecule has 1 heterocycles.